The van der Waals surface area contributed by atoms with Crippen LogP contribution in [0.4, 0.5) is 0 Å². The van der Waals surface area contributed by atoms with E-state index in [4.69, 9.17) is 0 Å². The summed E-state index contributed by atoms with van der Waals surface area (Å²) in [5, 5.41) is 17.9. The van der Waals surface area contributed by atoms with Crippen LogP contribution in [0.5, 0.6) is 0 Å². The van der Waals surface area contributed by atoms with E-state index in [0.717, 1.165) is 11.3 Å². The molecule has 1 heterocycles. The van der Waals surface area contributed by atoms with Crippen molar-refractivity contribution in [1.29, 1.82) is 0 Å². The Labute approximate surface area is 130 Å². The quantitative estimate of drug-likeness (QED) is 0.914. The zero-order chi connectivity index (χ0) is 16.3. The van der Waals surface area contributed by atoms with Crippen LogP contribution in [0.1, 0.15) is 36.8 Å². The third kappa shape index (κ3) is 3.92. The summed E-state index contributed by atoms with van der Waals surface area (Å²) < 4.78 is 1.58. The highest BCUT2D eigenvalue weighted by Gasteiger charge is 2.24. The van der Waals surface area contributed by atoms with Crippen molar-refractivity contribution >= 4 is 5.91 Å². The minimum absolute atomic E-state index is 0.233. The maximum atomic E-state index is 12.5. The molecule has 22 heavy (non-hydrogen) atoms. The van der Waals surface area contributed by atoms with E-state index in [1.807, 2.05) is 38.1 Å². The average Bonchev–Trinajstić information content (AvgIpc) is 2.93. The topological polar surface area (TPSA) is 71.2 Å². The van der Waals surface area contributed by atoms with Gasteiger partial charge in [0.05, 0.1) is 17.5 Å². The summed E-state index contributed by atoms with van der Waals surface area (Å²) in [6.45, 7) is 7.96. The van der Waals surface area contributed by atoms with Gasteiger partial charge in [-0.3, -0.25) is 4.79 Å². The van der Waals surface area contributed by atoms with Gasteiger partial charge < -0.3 is 10.0 Å². The number of carbonyl (C=O) groups excluding carboxylic acids is 1. The van der Waals surface area contributed by atoms with Crippen LogP contribution in [0, 0.1) is 6.92 Å². The molecule has 2 aromatic rings. The number of amides is 1. The molecule has 6 heteroatoms. The fourth-order valence-corrected chi connectivity index (χ4v) is 2.21. The van der Waals surface area contributed by atoms with Gasteiger partial charge in [0.1, 0.15) is 0 Å². The number of hydrogen-bond donors (Lipinski definition) is 1. The second-order valence-electron chi connectivity index (χ2n) is 6.02. The fourth-order valence-electron chi connectivity index (χ4n) is 2.21. The summed E-state index contributed by atoms with van der Waals surface area (Å²) in [7, 11) is 0. The van der Waals surface area contributed by atoms with Crippen LogP contribution in [-0.2, 0) is 0 Å². The molecule has 1 aromatic carbocycles. The highest BCUT2D eigenvalue weighted by Crippen LogP contribution is 2.12. The minimum Gasteiger partial charge on any atom is -0.389 e. The SMILES string of the molecule is CCN(CC(C)(C)O)C(=O)c1cn(-c2cccc(C)c2)nn1. The lowest BCUT2D eigenvalue weighted by molar-refractivity contribution is 0.0311. The van der Waals surface area contributed by atoms with Crippen LogP contribution in [0.2, 0.25) is 0 Å². The van der Waals surface area contributed by atoms with Gasteiger partial charge in [0.2, 0.25) is 0 Å². The lowest BCUT2D eigenvalue weighted by Gasteiger charge is -2.27. The van der Waals surface area contributed by atoms with E-state index in [0.29, 0.717) is 6.54 Å². The number of aliphatic hydroxyl groups is 1. The molecule has 0 aliphatic rings. The van der Waals surface area contributed by atoms with Gasteiger partial charge in [-0.1, -0.05) is 17.3 Å². The van der Waals surface area contributed by atoms with Crippen LogP contribution >= 0.6 is 0 Å². The van der Waals surface area contributed by atoms with E-state index in [-0.39, 0.29) is 18.1 Å². The Bertz CT molecular complexity index is 658. The molecular weight excluding hydrogens is 280 g/mol. The number of likely N-dealkylation sites (N-methyl/N-ethyl adjacent to an activating group) is 1. The van der Waals surface area contributed by atoms with E-state index >= 15 is 0 Å². The molecule has 2 rings (SSSR count). The zero-order valence-corrected chi connectivity index (χ0v) is 13.4. The van der Waals surface area contributed by atoms with Crippen molar-refractivity contribution < 1.29 is 9.90 Å². The first kappa shape index (κ1) is 16.2. The number of nitrogens with zero attached hydrogens (tertiary/aromatic N) is 4. The Morgan fingerprint density at radius 2 is 2.14 bits per heavy atom. The third-order valence-corrected chi connectivity index (χ3v) is 3.23. The van der Waals surface area contributed by atoms with Crippen molar-refractivity contribution in [2.45, 2.75) is 33.3 Å². The van der Waals surface area contributed by atoms with Crippen molar-refractivity contribution in [3.8, 4) is 5.69 Å². The molecule has 1 aromatic heterocycles. The predicted molar refractivity (Wildman–Crippen MR) is 84.0 cm³/mol. The molecule has 0 saturated heterocycles. The smallest absolute Gasteiger partial charge is 0.276 e. The summed E-state index contributed by atoms with van der Waals surface area (Å²) in [4.78, 5) is 14.0. The lowest BCUT2D eigenvalue weighted by Crippen LogP contribution is -2.42. The largest absolute Gasteiger partial charge is 0.389 e. The number of rotatable bonds is 5. The predicted octanol–water partition coefficient (Wildman–Crippen LogP) is 1.81. The van der Waals surface area contributed by atoms with Gasteiger partial charge in [-0.25, -0.2) is 4.68 Å². The van der Waals surface area contributed by atoms with Gasteiger partial charge in [-0.05, 0) is 45.4 Å². The molecule has 0 radical (unpaired) electrons. The molecule has 1 amide bonds. The molecule has 0 unspecified atom stereocenters. The van der Waals surface area contributed by atoms with Crippen molar-refractivity contribution in [2.75, 3.05) is 13.1 Å². The monoisotopic (exact) mass is 302 g/mol. The van der Waals surface area contributed by atoms with Crippen LogP contribution in [0.3, 0.4) is 0 Å². The highest BCUT2D eigenvalue weighted by molar-refractivity contribution is 5.92. The molecule has 0 bridgehead atoms. The normalized spacial score (nSPS) is 11.5. The van der Waals surface area contributed by atoms with Crippen molar-refractivity contribution in [2.24, 2.45) is 0 Å². The Hall–Kier alpha value is -2.21. The second kappa shape index (κ2) is 6.27. The van der Waals surface area contributed by atoms with Gasteiger partial charge in [-0.15, -0.1) is 5.10 Å². The van der Waals surface area contributed by atoms with Gasteiger partial charge in [-0.2, -0.15) is 0 Å². The lowest BCUT2D eigenvalue weighted by atomic mass is 10.1. The maximum absolute atomic E-state index is 12.5. The van der Waals surface area contributed by atoms with Crippen LogP contribution < -0.4 is 0 Å². The molecule has 0 atom stereocenters. The summed E-state index contributed by atoms with van der Waals surface area (Å²) >= 11 is 0. The van der Waals surface area contributed by atoms with Crippen LogP contribution in [0.15, 0.2) is 30.5 Å². The molecule has 0 saturated carbocycles. The molecule has 1 N–H and O–H groups in total. The summed E-state index contributed by atoms with van der Waals surface area (Å²) in [5.41, 5.74) is 1.29. The van der Waals surface area contributed by atoms with Crippen LogP contribution in [0.25, 0.3) is 5.69 Å². The van der Waals surface area contributed by atoms with E-state index < -0.39 is 5.60 Å². The zero-order valence-electron chi connectivity index (χ0n) is 13.4. The third-order valence-electron chi connectivity index (χ3n) is 3.23. The van der Waals surface area contributed by atoms with E-state index in [1.165, 1.54) is 0 Å². The first-order chi connectivity index (χ1) is 10.3. The number of hydrogen-bond acceptors (Lipinski definition) is 4. The summed E-state index contributed by atoms with van der Waals surface area (Å²) in [5.74, 6) is -0.233. The summed E-state index contributed by atoms with van der Waals surface area (Å²) in [6.07, 6.45) is 1.62. The van der Waals surface area contributed by atoms with E-state index in [1.54, 1.807) is 29.6 Å². The number of aryl methyl sites for hydroxylation is 1. The van der Waals surface area contributed by atoms with E-state index in [9.17, 15) is 9.90 Å². The Morgan fingerprint density at radius 3 is 2.73 bits per heavy atom. The van der Waals surface area contributed by atoms with Gasteiger partial charge in [0.25, 0.3) is 5.91 Å². The highest BCUT2D eigenvalue weighted by atomic mass is 16.3. The van der Waals surface area contributed by atoms with Gasteiger partial charge in [0.15, 0.2) is 5.69 Å². The Balaban J connectivity index is 2.21. The molecule has 118 valence electrons. The maximum Gasteiger partial charge on any atom is 0.276 e. The van der Waals surface area contributed by atoms with E-state index in [2.05, 4.69) is 10.3 Å². The number of aromatic nitrogens is 3. The molecule has 0 fully saturated rings. The molecule has 6 nitrogen and oxygen atoms in total. The first-order valence-electron chi connectivity index (χ1n) is 7.31. The van der Waals surface area contributed by atoms with Crippen LogP contribution in [-0.4, -0.2) is 49.6 Å². The Kier molecular flexibility index (Phi) is 4.61. The second-order valence-corrected chi connectivity index (χ2v) is 6.02. The molecule has 0 spiro atoms. The van der Waals surface area contributed by atoms with Crippen molar-refractivity contribution in [3.63, 3.8) is 0 Å². The van der Waals surface area contributed by atoms with Gasteiger partial charge in [0, 0.05) is 13.1 Å². The molecular formula is C16H22N4O2. The van der Waals surface area contributed by atoms with Crippen molar-refractivity contribution in [3.05, 3.63) is 41.7 Å². The first-order valence-corrected chi connectivity index (χ1v) is 7.31. The minimum atomic E-state index is -0.946. The van der Waals surface area contributed by atoms with Crippen molar-refractivity contribution in [1.82, 2.24) is 19.9 Å². The average molecular weight is 302 g/mol. The Morgan fingerprint density at radius 1 is 1.41 bits per heavy atom. The fraction of sp³-hybridized carbons (Fsp3) is 0.438. The van der Waals surface area contributed by atoms with Gasteiger partial charge >= 0.3 is 0 Å². The molecule has 0 aliphatic carbocycles. The number of carbonyl (C=O) groups is 1. The molecule has 0 aliphatic heterocycles. The summed E-state index contributed by atoms with van der Waals surface area (Å²) in [6, 6.07) is 7.80. The number of benzene rings is 1. The standard InChI is InChI=1S/C16H22N4O2/c1-5-19(11-16(3,4)22)15(21)14-10-20(18-17-14)13-8-6-7-12(2)9-13/h6-10,22H,5,11H2,1-4H3.